The number of benzene rings is 1. The zero-order valence-corrected chi connectivity index (χ0v) is 8.84. The molecule has 0 aliphatic rings. The lowest BCUT2D eigenvalue weighted by Gasteiger charge is -2.03. The summed E-state index contributed by atoms with van der Waals surface area (Å²) >= 11 is 3.28. The van der Waals surface area contributed by atoms with Crippen molar-refractivity contribution in [3.8, 4) is 0 Å². The Morgan fingerprint density at radius 3 is 2.77 bits per heavy atom. The lowest BCUT2D eigenvalue weighted by molar-refractivity contribution is 1.52. The van der Waals surface area contributed by atoms with E-state index < -0.39 is 0 Å². The van der Waals surface area contributed by atoms with Crippen LogP contribution in [0.2, 0.25) is 0 Å². The van der Waals surface area contributed by atoms with Gasteiger partial charge in [0.25, 0.3) is 0 Å². The predicted molar refractivity (Wildman–Crippen MR) is 62.4 cm³/mol. The summed E-state index contributed by atoms with van der Waals surface area (Å²) in [5.41, 5.74) is 13.4. The van der Waals surface area contributed by atoms with Crippen LogP contribution in [-0.2, 0) is 0 Å². The van der Waals surface area contributed by atoms with E-state index in [-0.39, 0.29) is 0 Å². The molecule has 1 aromatic carbocycles. The van der Waals surface area contributed by atoms with Crippen molar-refractivity contribution in [1.29, 1.82) is 0 Å². The van der Waals surface area contributed by atoms with Crippen LogP contribution in [0.4, 0.5) is 11.4 Å². The second kappa shape index (κ2) is 3.12. The number of thioether (sulfide) groups is 1. The minimum Gasteiger partial charge on any atom is -0.397 e. The van der Waals surface area contributed by atoms with Gasteiger partial charge >= 0.3 is 0 Å². The fourth-order valence-corrected chi connectivity index (χ4v) is 2.73. The normalized spacial score (nSPS) is 10.8. The molecule has 2 nitrogen and oxygen atoms in total. The first kappa shape index (κ1) is 8.72. The highest BCUT2D eigenvalue weighted by Crippen LogP contribution is 2.37. The van der Waals surface area contributed by atoms with Gasteiger partial charge < -0.3 is 11.5 Å². The Hall–Kier alpha value is -0.870. The third kappa shape index (κ3) is 1.26. The van der Waals surface area contributed by atoms with Gasteiger partial charge in [0, 0.05) is 20.4 Å². The van der Waals surface area contributed by atoms with E-state index in [0.717, 1.165) is 26.4 Å². The van der Waals surface area contributed by atoms with Gasteiger partial charge in [-0.15, -0.1) is 23.1 Å². The van der Waals surface area contributed by atoms with Crippen LogP contribution in [0.5, 0.6) is 0 Å². The van der Waals surface area contributed by atoms with Crippen LogP contribution in [0, 0.1) is 0 Å². The third-order valence-electron chi connectivity index (χ3n) is 1.99. The predicted octanol–water partition coefficient (Wildman–Crippen LogP) is 2.79. The lowest BCUT2D eigenvalue weighted by atomic mass is 10.2. The summed E-state index contributed by atoms with van der Waals surface area (Å²) in [6.45, 7) is 0. The zero-order chi connectivity index (χ0) is 9.42. The molecule has 0 bridgehead atoms. The van der Waals surface area contributed by atoms with Crippen LogP contribution in [0.3, 0.4) is 0 Å². The van der Waals surface area contributed by atoms with E-state index in [1.165, 1.54) is 0 Å². The maximum atomic E-state index is 5.98. The van der Waals surface area contributed by atoms with Crippen molar-refractivity contribution in [3.05, 3.63) is 17.5 Å². The molecule has 0 radical (unpaired) electrons. The quantitative estimate of drug-likeness (QED) is 0.562. The first-order valence-corrected chi connectivity index (χ1v) is 5.93. The lowest BCUT2D eigenvalue weighted by Crippen LogP contribution is -1.91. The molecule has 0 spiro atoms. The summed E-state index contributed by atoms with van der Waals surface area (Å²) in [5, 5.41) is 2.95. The van der Waals surface area contributed by atoms with Gasteiger partial charge in [0.15, 0.2) is 0 Å². The molecule has 0 aliphatic carbocycles. The highest BCUT2D eigenvalue weighted by Gasteiger charge is 2.07. The van der Waals surface area contributed by atoms with Crippen LogP contribution < -0.4 is 11.5 Å². The van der Waals surface area contributed by atoms with Crippen molar-refractivity contribution in [1.82, 2.24) is 0 Å². The van der Waals surface area contributed by atoms with Gasteiger partial charge in [-0.05, 0) is 18.4 Å². The molecule has 0 fully saturated rings. The standard InChI is InChI=1S/C9H10N2S2/c1-12-7-3-2-6-8(9(7)11)5(10)4-13-6/h2-4H,10-11H2,1H3. The minimum atomic E-state index is 0.786. The molecular weight excluding hydrogens is 200 g/mol. The van der Waals surface area contributed by atoms with E-state index in [4.69, 9.17) is 11.5 Å². The van der Waals surface area contributed by atoms with Crippen molar-refractivity contribution < 1.29 is 0 Å². The molecule has 2 rings (SSSR count). The number of rotatable bonds is 1. The van der Waals surface area contributed by atoms with Crippen molar-refractivity contribution in [2.45, 2.75) is 4.90 Å². The van der Waals surface area contributed by atoms with E-state index in [9.17, 15) is 0 Å². The highest BCUT2D eigenvalue weighted by molar-refractivity contribution is 7.98. The Bertz CT molecular complexity index is 448. The number of hydrogen-bond acceptors (Lipinski definition) is 4. The van der Waals surface area contributed by atoms with E-state index in [1.54, 1.807) is 23.1 Å². The monoisotopic (exact) mass is 210 g/mol. The summed E-state index contributed by atoms with van der Waals surface area (Å²) in [6.07, 6.45) is 2.01. The summed E-state index contributed by atoms with van der Waals surface area (Å²) in [7, 11) is 0. The van der Waals surface area contributed by atoms with Gasteiger partial charge in [-0.2, -0.15) is 0 Å². The van der Waals surface area contributed by atoms with E-state index in [0.29, 0.717) is 0 Å². The SMILES string of the molecule is CSc1ccc2scc(N)c2c1N. The Labute approximate surface area is 84.9 Å². The fraction of sp³-hybridized carbons (Fsp3) is 0.111. The van der Waals surface area contributed by atoms with Crippen LogP contribution in [0.25, 0.3) is 10.1 Å². The molecule has 0 unspecified atom stereocenters. The maximum Gasteiger partial charge on any atom is 0.0561 e. The fourth-order valence-electron chi connectivity index (χ4n) is 1.34. The molecule has 0 atom stereocenters. The number of thiophene rings is 1. The topological polar surface area (TPSA) is 52.0 Å². The molecule has 0 amide bonds. The van der Waals surface area contributed by atoms with E-state index in [1.807, 2.05) is 17.7 Å². The molecule has 0 saturated heterocycles. The Kier molecular flexibility index (Phi) is 2.09. The molecule has 68 valence electrons. The van der Waals surface area contributed by atoms with Crippen LogP contribution in [0.1, 0.15) is 0 Å². The van der Waals surface area contributed by atoms with Gasteiger partial charge in [0.1, 0.15) is 0 Å². The molecule has 1 aromatic heterocycles. The molecule has 4 heteroatoms. The number of hydrogen-bond donors (Lipinski definition) is 2. The molecule has 0 saturated carbocycles. The second-order valence-electron chi connectivity index (χ2n) is 2.75. The minimum absolute atomic E-state index is 0.786. The summed E-state index contributed by atoms with van der Waals surface area (Å²) in [6, 6.07) is 4.11. The van der Waals surface area contributed by atoms with E-state index >= 15 is 0 Å². The first-order chi connectivity index (χ1) is 6.24. The van der Waals surface area contributed by atoms with E-state index in [2.05, 4.69) is 6.07 Å². The Morgan fingerprint density at radius 1 is 1.31 bits per heavy atom. The Balaban J connectivity index is 2.83. The molecular formula is C9H10N2S2. The van der Waals surface area contributed by atoms with Gasteiger partial charge in [-0.25, -0.2) is 0 Å². The van der Waals surface area contributed by atoms with Crippen molar-refractivity contribution in [3.63, 3.8) is 0 Å². The number of nitrogens with two attached hydrogens (primary N) is 2. The first-order valence-electron chi connectivity index (χ1n) is 3.83. The largest absolute Gasteiger partial charge is 0.397 e. The summed E-state index contributed by atoms with van der Waals surface area (Å²) in [4.78, 5) is 1.10. The van der Waals surface area contributed by atoms with Crippen LogP contribution in [-0.4, -0.2) is 6.26 Å². The number of fused-ring (bicyclic) bond motifs is 1. The zero-order valence-electron chi connectivity index (χ0n) is 7.20. The molecule has 0 aliphatic heterocycles. The van der Waals surface area contributed by atoms with Gasteiger partial charge in [-0.1, -0.05) is 0 Å². The number of nitrogen functional groups attached to an aromatic ring is 2. The van der Waals surface area contributed by atoms with Crippen molar-refractivity contribution >= 4 is 44.6 Å². The number of anilines is 2. The van der Waals surface area contributed by atoms with Gasteiger partial charge in [0.05, 0.1) is 11.4 Å². The van der Waals surface area contributed by atoms with Crippen molar-refractivity contribution in [2.24, 2.45) is 0 Å². The highest BCUT2D eigenvalue weighted by atomic mass is 32.2. The van der Waals surface area contributed by atoms with Crippen LogP contribution >= 0.6 is 23.1 Å². The molecule has 13 heavy (non-hydrogen) atoms. The summed E-state index contributed by atoms with van der Waals surface area (Å²) < 4.78 is 1.16. The average Bonchev–Trinajstić information content (AvgIpc) is 2.49. The van der Waals surface area contributed by atoms with Gasteiger partial charge in [0.2, 0.25) is 0 Å². The maximum absolute atomic E-state index is 5.98. The Morgan fingerprint density at radius 2 is 2.08 bits per heavy atom. The van der Waals surface area contributed by atoms with Crippen molar-refractivity contribution in [2.75, 3.05) is 17.7 Å². The molecule has 1 heterocycles. The van der Waals surface area contributed by atoms with Crippen LogP contribution in [0.15, 0.2) is 22.4 Å². The molecule has 2 aromatic rings. The van der Waals surface area contributed by atoms with Gasteiger partial charge in [-0.3, -0.25) is 0 Å². The smallest absolute Gasteiger partial charge is 0.0561 e. The average molecular weight is 210 g/mol. The third-order valence-corrected chi connectivity index (χ3v) is 3.75. The second-order valence-corrected chi connectivity index (χ2v) is 4.50. The summed E-state index contributed by atoms with van der Waals surface area (Å²) in [5.74, 6) is 0. The molecule has 4 N–H and O–H groups in total.